The van der Waals surface area contributed by atoms with Gasteiger partial charge in [0.25, 0.3) is 0 Å². The second-order valence-electron chi connectivity index (χ2n) is 6.23. The third kappa shape index (κ3) is 3.47. The molecule has 1 aliphatic carbocycles. The zero-order chi connectivity index (χ0) is 13.0. The van der Waals surface area contributed by atoms with E-state index in [1.54, 1.807) is 0 Å². The van der Waals surface area contributed by atoms with E-state index in [4.69, 9.17) is 0 Å². The Balaban J connectivity index is 2.02. The van der Waals surface area contributed by atoms with Crippen molar-refractivity contribution in [1.82, 2.24) is 4.90 Å². The van der Waals surface area contributed by atoms with E-state index in [1.165, 1.54) is 32.1 Å². The summed E-state index contributed by atoms with van der Waals surface area (Å²) >= 11 is 0. The lowest BCUT2D eigenvalue weighted by atomic mass is 9.78. The Labute approximate surface area is 111 Å². The molecule has 0 aromatic rings. The van der Waals surface area contributed by atoms with Gasteiger partial charge in [-0.1, -0.05) is 26.2 Å². The normalized spacial score (nSPS) is 35.7. The van der Waals surface area contributed by atoms with Gasteiger partial charge in [0, 0.05) is 6.04 Å². The van der Waals surface area contributed by atoms with Crippen molar-refractivity contribution in [2.75, 3.05) is 13.1 Å². The molecule has 1 aliphatic heterocycles. The summed E-state index contributed by atoms with van der Waals surface area (Å²) in [5.41, 5.74) is 0. The first-order chi connectivity index (χ1) is 8.68. The minimum absolute atomic E-state index is 0.124. The molecular formula is C15H27NO2. The summed E-state index contributed by atoms with van der Waals surface area (Å²) in [6.45, 7) is 4.50. The van der Waals surface area contributed by atoms with E-state index >= 15 is 0 Å². The Morgan fingerprint density at radius 1 is 1.06 bits per heavy atom. The van der Waals surface area contributed by atoms with E-state index in [-0.39, 0.29) is 5.92 Å². The van der Waals surface area contributed by atoms with Crippen molar-refractivity contribution in [1.29, 1.82) is 0 Å². The zero-order valence-electron chi connectivity index (χ0n) is 11.6. The van der Waals surface area contributed by atoms with Crippen molar-refractivity contribution in [3.8, 4) is 0 Å². The summed E-state index contributed by atoms with van der Waals surface area (Å²) in [6.07, 6.45) is 9.52. The van der Waals surface area contributed by atoms with Crippen LogP contribution in [0.1, 0.15) is 58.3 Å². The van der Waals surface area contributed by atoms with Crippen molar-refractivity contribution in [2.24, 2.45) is 11.8 Å². The van der Waals surface area contributed by atoms with E-state index in [1.807, 2.05) is 0 Å². The summed E-state index contributed by atoms with van der Waals surface area (Å²) in [4.78, 5) is 13.9. The molecule has 104 valence electrons. The van der Waals surface area contributed by atoms with Gasteiger partial charge in [-0.15, -0.1) is 0 Å². The molecule has 0 bridgehead atoms. The number of aliphatic carboxylic acids is 1. The third-order valence-electron chi connectivity index (χ3n) is 4.76. The maximum Gasteiger partial charge on any atom is 0.308 e. The molecule has 1 N–H and O–H groups in total. The first-order valence-electron chi connectivity index (χ1n) is 7.65. The Bertz CT molecular complexity index is 272. The fourth-order valence-electron chi connectivity index (χ4n) is 3.65. The molecule has 2 rings (SSSR count). The smallest absolute Gasteiger partial charge is 0.308 e. The van der Waals surface area contributed by atoms with Gasteiger partial charge in [0.05, 0.1) is 5.92 Å². The quantitative estimate of drug-likeness (QED) is 0.822. The average Bonchev–Trinajstić information content (AvgIpc) is 2.27. The number of rotatable bonds is 2. The van der Waals surface area contributed by atoms with Gasteiger partial charge in [-0.2, -0.15) is 0 Å². The van der Waals surface area contributed by atoms with Gasteiger partial charge in [0.1, 0.15) is 0 Å². The maximum atomic E-state index is 11.4. The molecule has 0 amide bonds. The lowest BCUT2D eigenvalue weighted by Gasteiger charge is -2.41. The fourth-order valence-corrected chi connectivity index (χ4v) is 3.65. The fraction of sp³-hybridized carbons (Fsp3) is 0.933. The highest BCUT2D eigenvalue weighted by molar-refractivity contribution is 5.71. The van der Waals surface area contributed by atoms with Crippen molar-refractivity contribution < 1.29 is 9.90 Å². The summed E-state index contributed by atoms with van der Waals surface area (Å²) in [5.74, 6) is -0.00868. The van der Waals surface area contributed by atoms with E-state index in [0.717, 1.165) is 32.4 Å². The highest BCUT2D eigenvalue weighted by Crippen LogP contribution is 2.33. The number of likely N-dealkylation sites (tertiary alicyclic amines) is 1. The predicted octanol–water partition coefficient (Wildman–Crippen LogP) is 3.14. The van der Waals surface area contributed by atoms with Crippen molar-refractivity contribution in [2.45, 2.75) is 64.3 Å². The molecule has 3 heteroatoms. The van der Waals surface area contributed by atoms with E-state index < -0.39 is 5.97 Å². The van der Waals surface area contributed by atoms with Crippen molar-refractivity contribution in [3.63, 3.8) is 0 Å². The number of hydrogen-bond donors (Lipinski definition) is 1. The molecule has 2 fully saturated rings. The summed E-state index contributed by atoms with van der Waals surface area (Å²) in [7, 11) is 0. The minimum Gasteiger partial charge on any atom is -0.481 e. The highest BCUT2D eigenvalue weighted by Gasteiger charge is 2.36. The van der Waals surface area contributed by atoms with Crippen molar-refractivity contribution in [3.05, 3.63) is 0 Å². The molecule has 0 aromatic heterocycles. The van der Waals surface area contributed by atoms with Crippen LogP contribution in [-0.2, 0) is 4.79 Å². The average molecular weight is 253 g/mol. The number of hydrogen-bond acceptors (Lipinski definition) is 2. The van der Waals surface area contributed by atoms with Crippen LogP contribution < -0.4 is 0 Å². The Morgan fingerprint density at radius 3 is 2.28 bits per heavy atom. The van der Waals surface area contributed by atoms with Crippen LogP contribution in [0.4, 0.5) is 0 Å². The summed E-state index contributed by atoms with van der Waals surface area (Å²) in [5, 5.41) is 9.42. The number of nitrogens with zero attached hydrogens (tertiary/aromatic N) is 1. The largest absolute Gasteiger partial charge is 0.481 e. The van der Waals surface area contributed by atoms with Gasteiger partial charge in [-0.3, -0.25) is 9.69 Å². The lowest BCUT2D eigenvalue weighted by Crippen LogP contribution is -2.48. The van der Waals surface area contributed by atoms with Crippen LogP contribution >= 0.6 is 0 Å². The molecule has 1 saturated heterocycles. The van der Waals surface area contributed by atoms with Gasteiger partial charge in [-0.05, 0) is 51.1 Å². The molecule has 0 aromatic carbocycles. The van der Waals surface area contributed by atoms with Crippen LogP contribution in [0.15, 0.2) is 0 Å². The first-order valence-corrected chi connectivity index (χ1v) is 7.65. The molecule has 3 unspecified atom stereocenters. The molecule has 3 nitrogen and oxygen atoms in total. The van der Waals surface area contributed by atoms with Crippen LogP contribution in [0, 0.1) is 11.8 Å². The SMILES string of the molecule is CC1CCC(C(=O)O)C(N2CCCCCCC2)C1. The van der Waals surface area contributed by atoms with Gasteiger partial charge >= 0.3 is 5.97 Å². The van der Waals surface area contributed by atoms with Gasteiger partial charge in [-0.25, -0.2) is 0 Å². The van der Waals surface area contributed by atoms with Crippen LogP contribution in [0.2, 0.25) is 0 Å². The second-order valence-corrected chi connectivity index (χ2v) is 6.23. The zero-order valence-corrected chi connectivity index (χ0v) is 11.6. The van der Waals surface area contributed by atoms with Gasteiger partial charge < -0.3 is 5.11 Å². The number of carboxylic acid groups (broad SMARTS) is 1. The monoisotopic (exact) mass is 253 g/mol. The minimum atomic E-state index is -0.575. The third-order valence-corrected chi connectivity index (χ3v) is 4.76. The lowest BCUT2D eigenvalue weighted by molar-refractivity contribution is -0.146. The van der Waals surface area contributed by atoms with E-state index in [9.17, 15) is 9.90 Å². The number of carbonyl (C=O) groups is 1. The van der Waals surface area contributed by atoms with Gasteiger partial charge in [0.15, 0.2) is 0 Å². The second kappa shape index (κ2) is 6.55. The molecule has 2 aliphatic rings. The molecule has 3 atom stereocenters. The van der Waals surface area contributed by atoms with E-state index in [2.05, 4.69) is 11.8 Å². The molecule has 0 spiro atoms. The Morgan fingerprint density at radius 2 is 1.67 bits per heavy atom. The van der Waals surface area contributed by atoms with Crippen LogP contribution in [-0.4, -0.2) is 35.1 Å². The van der Waals surface area contributed by atoms with Crippen LogP contribution in [0.25, 0.3) is 0 Å². The van der Waals surface area contributed by atoms with Crippen molar-refractivity contribution >= 4 is 5.97 Å². The predicted molar refractivity (Wildman–Crippen MR) is 72.6 cm³/mol. The Kier molecular flexibility index (Phi) is 5.04. The molecule has 18 heavy (non-hydrogen) atoms. The molecule has 1 heterocycles. The van der Waals surface area contributed by atoms with Crippen LogP contribution in [0.3, 0.4) is 0 Å². The maximum absolute atomic E-state index is 11.4. The molecular weight excluding hydrogens is 226 g/mol. The first kappa shape index (κ1) is 13.9. The topological polar surface area (TPSA) is 40.5 Å². The standard InChI is InChI=1S/C15H27NO2/c1-12-7-8-13(15(17)18)14(11-12)16-9-5-3-2-4-6-10-16/h12-14H,2-11H2,1H3,(H,17,18). The van der Waals surface area contributed by atoms with Crippen LogP contribution in [0.5, 0.6) is 0 Å². The summed E-state index contributed by atoms with van der Waals surface area (Å²) in [6, 6.07) is 0.296. The molecule has 0 radical (unpaired) electrons. The molecule has 1 saturated carbocycles. The highest BCUT2D eigenvalue weighted by atomic mass is 16.4. The summed E-state index contributed by atoms with van der Waals surface area (Å²) < 4.78 is 0. The van der Waals surface area contributed by atoms with E-state index in [0.29, 0.717) is 12.0 Å². The van der Waals surface area contributed by atoms with Gasteiger partial charge in [0.2, 0.25) is 0 Å². The Hall–Kier alpha value is -0.570. The number of carboxylic acids is 1.